The molecule has 1 aliphatic rings. The molecule has 1 N–H and O–H groups in total. The Morgan fingerprint density at radius 3 is 2.70 bits per heavy atom. The largest absolute Gasteiger partial charge is 0.384 e. The molecule has 0 saturated carbocycles. The zero-order valence-corrected chi connectivity index (χ0v) is 14.8. The average molecular weight is 341 g/mol. The molecule has 0 aliphatic carbocycles. The summed E-state index contributed by atoms with van der Waals surface area (Å²) in [6, 6.07) is 0.302. The fourth-order valence-corrected chi connectivity index (χ4v) is 2.83. The van der Waals surface area contributed by atoms with E-state index in [9.17, 15) is 4.79 Å². The van der Waals surface area contributed by atoms with Gasteiger partial charge in [-0.1, -0.05) is 18.5 Å². The lowest BCUT2D eigenvalue weighted by Gasteiger charge is -2.33. The Kier molecular flexibility index (Phi) is 6.59. The maximum atomic E-state index is 12.0. The van der Waals surface area contributed by atoms with Crippen LogP contribution in [0.15, 0.2) is 0 Å². The molecule has 2 rings (SSSR count). The molecule has 1 aromatic heterocycles. The van der Waals surface area contributed by atoms with Gasteiger partial charge >= 0.3 is 0 Å². The third-order valence-corrected chi connectivity index (χ3v) is 4.53. The van der Waals surface area contributed by atoms with Crippen molar-refractivity contribution in [2.75, 3.05) is 32.1 Å². The minimum Gasteiger partial charge on any atom is -0.384 e. The van der Waals surface area contributed by atoms with Crippen molar-refractivity contribution in [1.82, 2.24) is 14.9 Å². The number of anilines is 1. The van der Waals surface area contributed by atoms with Crippen LogP contribution in [-0.2, 0) is 16.0 Å². The summed E-state index contributed by atoms with van der Waals surface area (Å²) < 4.78 is 4.96. The standard InChI is InChI=1S/C16H25ClN4O2/c1-4-13-19-15(17)11(2)16(20-13)18-12-5-8-21(9-6-12)14(22)7-10-23-3/h12H,4-10H2,1-3H3,(H,18,19,20). The highest BCUT2D eigenvalue weighted by atomic mass is 35.5. The van der Waals surface area contributed by atoms with Gasteiger partial charge in [-0.2, -0.15) is 0 Å². The molecule has 1 amide bonds. The van der Waals surface area contributed by atoms with Crippen LogP contribution in [0.4, 0.5) is 5.82 Å². The molecular weight excluding hydrogens is 316 g/mol. The van der Waals surface area contributed by atoms with Gasteiger partial charge in [-0.25, -0.2) is 9.97 Å². The number of aromatic nitrogens is 2. The maximum Gasteiger partial charge on any atom is 0.224 e. The Balaban J connectivity index is 1.92. The monoisotopic (exact) mass is 340 g/mol. The normalized spacial score (nSPS) is 15.7. The van der Waals surface area contributed by atoms with Gasteiger partial charge in [0, 0.05) is 38.2 Å². The quantitative estimate of drug-likeness (QED) is 0.806. The minimum atomic E-state index is 0.167. The summed E-state index contributed by atoms with van der Waals surface area (Å²) in [5.74, 6) is 1.72. The molecule has 23 heavy (non-hydrogen) atoms. The van der Waals surface area contributed by atoms with Gasteiger partial charge in [-0.3, -0.25) is 4.79 Å². The number of halogens is 1. The molecule has 1 saturated heterocycles. The highest BCUT2D eigenvalue weighted by Crippen LogP contribution is 2.23. The SMILES string of the molecule is CCc1nc(Cl)c(C)c(NC2CCN(C(=O)CCOC)CC2)n1. The van der Waals surface area contributed by atoms with Crippen molar-refractivity contribution in [1.29, 1.82) is 0 Å². The van der Waals surface area contributed by atoms with Crippen LogP contribution in [0.3, 0.4) is 0 Å². The predicted octanol–water partition coefficient (Wildman–Crippen LogP) is 2.44. The number of nitrogens with one attached hydrogen (secondary N) is 1. The Morgan fingerprint density at radius 2 is 2.09 bits per heavy atom. The zero-order chi connectivity index (χ0) is 16.8. The van der Waals surface area contributed by atoms with Gasteiger partial charge in [0.25, 0.3) is 0 Å². The van der Waals surface area contributed by atoms with Crippen LogP contribution in [0.1, 0.15) is 37.6 Å². The Labute approximate surface area is 142 Å². The van der Waals surface area contributed by atoms with Gasteiger partial charge < -0.3 is 15.0 Å². The number of likely N-dealkylation sites (tertiary alicyclic amines) is 1. The molecule has 7 heteroatoms. The molecule has 0 radical (unpaired) electrons. The van der Waals surface area contributed by atoms with Crippen LogP contribution >= 0.6 is 11.6 Å². The van der Waals surface area contributed by atoms with E-state index in [1.807, 2.05) is 18.7 Å². The number of carbonyl (C=O) groups excluding carboxylic acids is 1. The van der Waals surface area contributed by atoms with E-state index >= 15 is 0 Å². The molecule has 0 spiro atoms. The van der Waals surface area contributed by atoms with E-state index < -0.39 is 0 Å². The third-order valence-electron chi connectivity index (χ3n) is 4.16. The van der Waals surface area contributed by atoms with Crippen LogP contribution in [0, 0.1) is 6.92 Å². The molecule has 0 atom stereocenters. The van der Waals surface area contributed by atoms with Crippen molar-refractivity contribution in [2.45, 2.75) is 45.6 Å². The fraction of sp³-hybridized carbons (Fsp3) is 0.688. The minimum absolute atomic E-state index is 0.167. The number of hydrogen-bond donors (Lipinski definition) is 1. The highest BCUT2D eigenvalue weighted by molar-refractivity contribution is 6.30. The molecule has 6 nitrogen and oxygen atoms in total. The van der Waals surface area contributed by atoms with Crippen LogP contribution < -0.4 is 5.32 Å². The number of rotatable bonds is 6. The third kappa shape index (κ3) is 4.78. The molecule has 0 bridgehead atoms. The topological polar surface area (TPSA) is 67.4 Å². The number of piperidine rings is 1. The number of ether oxygens (including phenoxy) is 1. The number of hydrogen-bond acceptors (Lipinski definition) is 5. The molecular formula is C16H25ClN4O2. The van der Waals surface area contributed by atoms with Gasteiger partial charge in [0.05, 0.1) is 13.0 Å². The summed E-state index contributed by atoms with van der Waals surface area (Å²) in [6.07, 6.45) is 3.01. The lowest BCUT2D eigenvalue weighted by atomic mass is 10.0. The van der Waals surface area contributed by atoms with E-state index in [1.165, 1.54) is 0 Å². The van der Waals surface area contributed by atoms with Gasteiger partial charge in [0.1, 0.15) is 16.8 Å². The van der Waals surface area contributed by atoms with E-state index in [1.54, 1.807) is 7.11 Å². The van der Waals surface area contributed by atoms with Crippen molar-refractivity contribution >= 4 is 23.3 Å². The second-order valence-corrected chi connectivity index (χ2v) is 6.16. The summed E-state index contributed by atoms with van der Waals surface area (Å²) in [4.78, 5) is 22.7. The van der Waals surface area contributed by atoms with E-state index in [0.29, 0.717) is 24.2 Å². The van der Waals surface area contributed by atoms with E-state index in [2.05, 4.69) is 15.3 Å². The highest BCUT2D eigenvalue weighted by Gasteiger charge is 2.23. The number of aryl methyl sites for hydroxylation is 1. The summed E-state index contributed by atoms with van der Waals surface area (Å²) in [7, 11) is 1.61. The second-order valence-electron chi connectivity index (χ2n) is 5.80. The smallest absolute Gasteiger partial charge is 0.224 e. The van der Waals surface area contributed by atoms with Gasteiger partial charge in [0.2, 0.25) is 5.91 Å². The Morgan fingerprint density at radius 1 is 1.39 bits per heavy atom. The molecule has 128 valence electrons. The maximum absolute atomic E-state index is 12.0. The number of methoxy groups -OCH3 is 1. The average Bonchev–Trinajstić information content (AvgIpc) is 2.57. The van der Waals surface area contributed by atoms with Crippen LogP contribution in [0.2, 0.25) is 5.15 Å². The molecule has 1 fully saturated rings. The molecule has 0 aromatic carbocycles. The first-order valence-electron chi connectivity index (χ1n) is 8.11. The number of amides is 1. The van der Waals surface area contributed by atoms with Crippen molar-refractivity contribution in [3.05, 3.63) is 16.5 Å². The lowest BCUT2D eigenvalue weighted by molar-refractivity contribution is -0.133. The lowest BCUT2D eigenvalue weighted by Crippen LogP contribution is -2.42. The second kappa shape index (κ2) is 8.45. The van der Waals surface area contributed by atoms with E-state index in [0.717, 1.165) is 49.6 Å². The van der Waals surface area contributed by atoms with Crippen molar-refractivity contribution < 1.29 is 9.53 Å². The molecule has 0 unspecified atom stereocenters. The van der Waals surface area contributed by atoms with Crippen LogP contribution in [0.25, 0.3) is 0 Å². The van der Waals surface area contributed by atoms with E-state index in [4.69, 9.17) is 16.3 Å². The van der Waals surface area contributed by atoms with Crippen molar-refractivity contribution in [3.63, 3.8) is 0 Å². The van der Waals surface area contributed by atoms with Gasteiger partial charge in [-0.15, -0.1) is 0 Å². The molecule has 1 aromatic rings. The summed E-state index contributed by atoms with van der Waals surface area (Å²) in [5.41, 5.74) is 0.877. The Hall–Kier alpha value is -1.40. The molecule has 1 aliphatic heterocycles. The molecule has 2 heterocycles. The summed E-state index contributed by atoms with van der Waals surface area (Å²) in [5, 5.41) is 3.98. The van der Waals surface area contributed by atoms with Gasteiger partial charge in [0.15, 0.2) is 0 Å². The number of nitrogens with zero attached hydrogens (tertiary/aromatic N) is 3. The summed E-state index contributed by atoms with van der Waals surface area (Å²) in [6.45, 7) is 5.94. The van der Waals surface area contributed by atoms with Gasteiger partial charge in [-0.05, 0) is 19.8 Å². The zero-order valence-electron chi connectivity index (χ0n) is 14.1. The van der Waals surface area contributed by atoms with Crippen LogP contribution in [-0.4, -0.2) is 53.6 Å². The fourth-order valence-electron chi connectivity index (χ4n) is 2.65. The first-order valence-corrected chi connectivity index (χ1v) is 8.49. The number of carbonyl (C=O) groups is 1. The first kappa shape index (κ1) is 17.9. The van der Waals surface area contributed by atoms with Crippen LogP contribution in [0.5, 0.6) is 0 Å². The Bertz CT molecular complexity index is 545. The summed E-state index contributed by atoms with van der Waals surface area (Å²) >= 11 is 6.17. The van der Waals surface area contributed by atoms with Crippen molar-refractivity contribution in [3.8, 4) is 0 Å². The predicted molar refractivity (Wildman–Crippen MR) is 90.9 cm³/mol. The first-order chi connectivity index (χ1) is 11.0. The van der Waals surface area contributed by atoms with Crippen molar-refractivity contribution in [2.24, 2.45) is 0 Å². The van der Waals surface area contributed by atoms with E-state index in [-0.39, 0.29) is 5.91 Å².